The van der Waals surface area contributed by atoms with Crippen molar-refractivity contribution < 1.29 is 0 Å². The van der Waals surface area contributed by atoms with E-state index in [9.17, 15) is 0 Å². The first-order chi connectivity index (χ1) is 10.7. The number of thioether (sulfide) groups is 1. The molecule has 1 heteroatoms. The first-order valence-corrected chi connectivity index (χ1v) is 9.36. The van der Waals surface area contributed by atoms with Gasteiger partial charge < -0.3 is 0 Å². The molecule has 0 saturated carbocycles. The molecule has 2 aliphatic carbocycles. The zero-order valence-electron chi connectivity index (χ0n) is 14.2. The van der Waals surface area contributed by atoms with E-state index in [0.29, 0.717) is 0 Å². The summed E-state index contributed by atoms with van der Waals surface area (Å²) in [4.78, 5) is 1.37. The van der Waals surface area contributed by atoms with Crippen molar-refractivity contribution in [2.24, 2.45) is 0 Å². The molecule has 0 saturated heterocycles. The molecule has 0 unspecified atom stereocenters. The van der Waals surface area contributed by atoms with Crippen LogP contribution in [0.4, 0.5) is 0 Å². The van der Waals surface area contributed by atoms with Crippen molar-refractivity contribution >= 4 is 11.8 Å². The molecule has 0 radical (unpaired) electrons. The summed E-state index contributed by atoms with van der Waals surface area (Å²) >= 11 is 1.84. The smallest absolute Gasteiger partial charge is 0.00715 e. The molecule has 2 rings (SSSR count). The fraction of sp³-hybridized carbons (Fsp3) is 0.381. The summed E-state index contributed by atoms with van der Waals surface area (Å²) < 4.78 is 0. The molecular weight excluding hydrogens is 284 g/mol. The van der Waals surface area contributed by atoms with Crippen LogP contribution in [0.25, 0.3) is 0 Å². The molecule has 0 aromatic rings. The maximum absolute atomic E-state index is 3.44. The normalized spacial score (nSPS) is 18.4. The molecule has 2 aliphatic rings. The molecule has 0 N–H and O–H groups in total. The van der Waals surface area contributed by atoms with Gasteiger partial charge in [-0.15, -0.1) is 17.5 Å². The molecule has 0 nitrogen and oxygen atoms in total. The van der Waals surface area contributed by atoms with Crippen LogP contribution in [-0.4, -0.2) is 6.26 Å². The van der Waals surface area contributed by atoms with E-state index in [-0.39, 0.29) is 0 Å². The monoisotopic (exact) mass is 310 g/mol. The van der Waals surface area contributed by atoms with E-state index < -0.39 is 0 Å². The van der Waals surface area contributed by atoms with E-state index in [2.05, 4.69) is 69.2 Å². The lowest BCUT2D eigenvalue weighted by Crippen LogP contribution is -1.86. The van der Waals surface area contributed by atoms with Crippen LogP contribution in [0.2, 0.25) is 0 Å². The highest BCUT2D eigenvalue weighted by atomic mass is 32.2. The summed E-state index contributed by atoms with van der Waals surface area (Å²) in [5.41, 5.74) is 10.4. The quantitative estimate of drug-likeness (QED) is 0.511. The van der Waals surface area contributed by atoms with Crippen LogP contribution in [-0.2, 0) is 0 Å². The summed E-state index contributed by atoms with van der Waals surface area (Å²) in [6.45, 7) is 6.58. The Balaban J connectivity index is 2.21. The molecule has 22 heavy (non-hydrogen) atoms. The second-order valence-electron chi connectivity index (χ2n) is 5.77. The van der Waals surface area contributed by atoms with Crippen molar-refractivity contribution in [3.05, 3.63) is 75.0 Å². The van der Waals surface area contributed by atoms with Crippen molar-refractivity contribution in [1.82, 2.24) is 0 Å². The minimum atomic E-state index is 1.01. The van der Waals surface area contributed by atoms with Gasteiger partial charge in [0.25, 0.3) is 0 Å². The third-order valence-corrected chi connectivity index (χ3v) is 4.92. The van der Waals surface area contributed by atoms with Crippen LogP contribution in [0, 0.1) is 0 Å². The van der Waals surface area contributed by atoms with Gasteiger partial charge in [-0.05, 0) is 73.8 Å². The fourth-order valence-electron chi connectivity index (χ4n) is 2.72. The van der Waals surface area contributed by atoms with Gasteiger partial charge in [0, 0.05) is 4.91 Å². The topological polar surface area (TPSA) is 0 Å². The number of hydrogen-bond acceptors (Lipinski definition) is 1. The predicted molar refractivity (Wildman–Crippen MR) is 101 cm³/mol. The zero-order chi connectivity index (χ0) is 15.9. The summed E-state index contributed by atoms with van der Waals surface area (Å²) in [7, 11) is 0. The molecule has 0 amide bonds. The van der Waals surface area contributed by atoms with Crippen molar-refractivity contribution in [3.63, 3.8) is 0 Å². The highest BCUT2D eigenvalue weighted by Crippen LogP contribution is 2.28. The molecule has 0 aromatic heterocycles. The van der Waals surface area contributed by atoms with E-state index in [1.807, 2.05) is 11.8 Å². The van der Waals surface area contributed by atoms with Gasteiger partial charge in [0.15, 0.2) is 0 Å². The molecular formula is C21H26S. The number of hydrogen-bond donors (Lipinski definition) is 0. The molecule has 0 heterocycles. The summed E-state index contributed by atoms with van der Waals surface area (Å²) in [6.07, 6.45) is 20.2. The Labute approximate surface area is 139 Å². The van der Waals surface area contributed by atoms with Crippen molar-refractivity contribution in [1.29, 1.82) is 0 Å². The Kier molecular flexibility index (Phi) is 6.36. The van der Waals surface area contributed by atoms with Crippen LogP contribution >= 0.6 is 11.8 Å². The van der Waals surface area contributed by atoms with Crippen LogP contribution in [0.1, 0.15) is 46.5 Å². The highest BCUT2D eigenvalue weighted by Gasteiger charge is 2.07. The molecule has 0 fully saturated rings. The average molecular weight is 311 g/mol. The van der Waals surface area contributed by atoms with Gasteiger partial charge >= 0.3 is 0 Å². The Morgan fingerprint density at radius 3 is 2.59 bits per heavy atom. The largest absolute Gasteiger partial charge is 0.130 e. The lowest BCUT2D eigenvalue weighted by atomic mass is 10.0. The predicted octanol–water partition coefficient (Wildman–Crippen LogP) is 6.67. The van der Waals surface area contributed by atoms with Gasteiger partial charge in [0.05, 0.1) is 0 Å². The zero-order valence-corrected chi connectivity index (χ0v) is 15.0. The van der Waals surface area contributed by atoms with Crippen LogP contribution < -0.4 is 0 Å². The average Bonchev–Trinajstić information content (AvgIpc) is 2.84. The summed E-state index contributed by atoms with van der Waals surface area (Å²) in [5, 5.41) is 0. The first kappa shape index (κ1) is 16.9. The minimum absolute atomic E-state index is 1.01. The summed E-state index contributed by atoms with van der Waals surface area (Å²) in [6, 6.07) is 0. The van der Waals surface area contributed by atoms with Gasteiger partial charge in [-0.1, -0.05) is 43.2 Å². The van der Waals surface area contributed by atoms with E-state index in [4.69, 9.17) is 0 Å². The standard InChI is InChI=1S/C21H26S/c1-5-17-9-10-19(15-21(14-17)22-4)13-18-8-7-16(3)20(6-2)12-11-18/h8-9,11-12,14-15H,5-6,10,13H2,1-4H3. The molecule has 116 valence electrons. The Morgan fingerprint density at radius 1 is 1.09 bits per heavy atom. The molecule has 0 spiro atoms. The highest BCUT2D eigenvalue weighted by molar-refractivity contribution is 8.02. The Morgan fingerprint density at radius 2 is 1.91 bits per heavy atom. The third-order valence-electron chi connectivity index (χ3n) is 4.21. The van der Waals surface area contributed by atoms with Crippen molar-refractivity contribution in [3.8, 4) is 0 Å². The van der Waals surface area contributed by atoms with Gasteiger partial charge in [0.1, 0.15) is 0 Å². The number of allylic oxidation sites excluding steroid dienone is 10. The van der Waals surface area contributed by atoms with Crippen LogP contribution in [0.15, 0.2) is 75.0 Å². The first-order valence-electron chi connectivity index (χ1n) is 8.13. The van der Waals surface area contributed by atoms with E-state index >= 15 is 0 Å². The van der Waals surface area contributed by atoms with Crippen molar-refractivity contribution in [2.75, 3.05) is 6.26 Å². The van der Waals surface area contributed by atoms with Crippen molar-refractivity contribution in [2.45, 2.75) is 46.5 Å². The molecule has 0 aliphatic heterocycles. The lowest BCUT2D eigenvalue weighted by Gasteiger charge is -2.05. The fourth-order valence-corrected chi connectivity index (χ4v) is 3.28. The van der Waals surface area contributed by atoms with Crippen LogP contribution in [0.3, 0.4) is 0 Å². The van der Waals surface area contributed by atoms with Gasteiger partial charge in [-0.3, -0.25) is 0 Å². The summed E-state index contributed by atoms with van der Waals surface area (Å²) in [5.74, 6) is 0. The van der Waals surface area contributed by atoms with Gasteiger partial charge in [-0.25, -0.2) is 0 Å². The maximum Gasteiger partial charge on any atom is 0.00715 e. The third kappa shape index (κ3) is 4.53. The van der Waals surface area contributed by atoms with E-state index in [1.165, 1.54) is 32.8 Å². The second-order valence-corrected chi connectivity index (χ2v) is 6.65. The maximum atomic E-state index is 3.44. The molecule has 0 atom stereocenters. The molecule has 0 aromatic carbocycles. The van der Waals surface area contributed by atoms with E-state index in [1.54, 1.807) is 0 Å². The Bertz CT molecular complexity index is 641. The molecule has 0 bridgehead atoms. The SMILES string of the molecule is CCC1=CCC(CC2=CC=C(CC)C(C)=C=C2)=CC(SC)=C1. The Hall–Kier alpha value is -1.43. The van der Waals surface area contributed by atoms with Crippen LogP contribution in [0.5, 0.6) is 0 Å². The van der Waals surface area contributed by atoms with Gasteiger partial charge in [-0.2, -0.15) is 0 Å². The second kappa shape index (κ2) is 8.27. The minimum Gasteiger partial charge on any atom is -0.130 e. The van der Waals surface area contributed by atoms with E-state index in [0.717, 1.165) is 25.7 Å². The number of rotatable bonds is 5. The van der Waals surface area contributed by atoms with Gasteiger partial charge in [0.2, 0.25) is 0 Å². The lowest BCUT2D eigenvalue weighted by molar-refractivity contribution is 1.05.